The first-order chi connectivity index (χ1) is 5.34. The molecule has 0 saturated heterocycles. The third-order valence-corrected chi connectivity index (χ3v) is 2.01. The molecule has 0 atom stereocenters. The van der Waals surface area contributed by atoms with Crippen molar-refractivity contribution in [2.45, 2.75) is 0 Å². The van der Waals surface area contributed by atoms with E-state index >= 15 is 0 Å². The third-order valence-electron chi connectivity index (χ3n) is 1.29. The van der Waals surface area contributed by atoms with Crippen molar-refractivity contribution in [3.05, 3.63) is 40.9 Å². The van der Waals surface area contributed by atoms with Crippen molar-refractivity contribution >= 4 is 33.6 Å². The number of benzene rings is 1. The van der Waals surface area contributed by atoms with Crippen LogP contribution in [0.1, 0.15) is 5.56 Å². The second-order valence-corrected chi connectivity index (χ2v) is 3.13. The van der Waals surface area contributed by atoms with Gasteiger partial charge in [0, 0.05) is 10.4 Å². The lowest BCUT2D eigenvalue weighted by Gasteiger charge is -1.94. The fraction of sp³-hybridized carbons (Fsp3) is 0.111. The quantitative estimate of drug-likeness (QED) is 0.680. The highest BCUT2D eigenvalue weighted by Crippen LogP contribution is 2.16. The summed E-state index contributed by atoms with van der Waals surface area (Å²) in [5.41, 5.74) is 1.06. The van der Waals surface area contributed by atoms with Crippen LogP contribution in [0.5, 0.6) is 0 Å². The Balaban J connectivity index is 2.86. The third kappa shape index (κ3) is 2.68. The van der Waals surface area contributed by atoms with Gasteiger partial charge < -0.3 is 0 Å². The second-order valence-electron chi connectivity index (χ2n) is 2.08. The van der Waals surface area contributed by atoms with Crippen LogP contribution in [0, 0.1) is 0 Å². The van der Waals surface area contributed by atoms with E-state index in [1.54, 1.807) is 0 Å². The minimum absolute atomic E-state index is 0.796. The van der Waals surface area contributed by atoms with Crippen molar-refractivity contribution < 1.29 is 0 Å². The predicted octanol–water partition coefficient (Wildman–Crippen LogP) is 3.75. The van der Waals surface area contributed by atoms with E-state index in [-0.39, 0.29) is 0 Å². The molecule has 0 amide bonds. The number of halogens is 2. The molecule has 0 aliphatic heterocycles. The number of hydrogen-bond acceptors (Lipinski definition) is 0. The molecule has 0 unspecified atom stereocenters. The number of rotatable bonds is 2. The molecule has 0 fully saturated rings. The van der Waals surface area contributed by atoms with E-state index in [4.69, 9.17) is 11.6 Å². The highest BCUT2D eigenvalue weighted by Gasteiger charge is 1.91. The molecule has 1 aromatic carbocycles. The zero-order chi connectivity index (χ0) is 8.10. The van der Waals surface area contributed by atoms with E-state index in [0.29, 0.717) is 0 Å². The van der Waals surface area contributed by atoms with Crippen molar-refractivity contribution in [2.75, 3.05) is 5.33 Å². The maximum atomic E-state index is 5.89. The Morgan fingerprint density at radius 2 is 2.09 bits per heavy atom. The molecule has 0 N–H and O–H groups in total. The molecule has 0 heterocycles. The molecule has 0 bridgehead atoms. The van der Waals surface area contributed by atoms with E-state index in [2.05, 4.69) is 15.9 Å². The minimum Gasteiger partial charge on any atom is -0.0883 e. The molecule has 0 spiro atoms. The first kappa shape index (κ1) is 8.82. The van der Waals surface area contributed by atoms with Crippen LogP contribution < -0.4 is 0 Å². The molecule has 58 valence electrons. The maximum absolute atomic E-state index is 5.89. The van der Waals surface area contributed by atoms with Gasteiger partial charge in [-0.25, -0.2) is 0 Å². The zero-order valence-electron chi connectivity index (χ0n) is 5.93. The molecule has 2 heteroatoms. The molecule has 0 saturated carbocycles. The fourth-order valence-electron chi connectivity index (χ4n) is 0.782. The smallest absolute Gasteiger partial charge is 0.0478 e. The summed E-state index contributed by atoms with van der Waals surface area (Å²) in [5.74, 6) is 0. The average Bonchev–Trinajstić information content (AvgIpc) is 2.03. The van der Waals surface area contributed by atoms with Gasteiger partial charge in [-0.2, -0.15) is 0 Å². The molecule has 11 heavy (non-hydrogen) atoms. The number of alkyl halides is 1. The van der Waals surface area contributed by atoms with E-state index in [0.717, 1.165) is 15.9 Å². The fourth-order valence-corrected chi connectivity index (χ4v) is 1.17. The van der Waals surface area contributed by atoms with E-state index < -0.39 is 0 Å². The first-order valence-electron chi connectivity index (χ1n) is 3.31. The van der Waals surface area contributed by atoms with Crippen LogP contribution in [0.25, 0.3) is 6.08 Å². The van der Waals surface area contributed by atoms with Crippen molar-refractivity contribution in [3.8, 4) is 0 Å². The molecule has 1 aromatic rings. The summed E-state index contributed by atoms with van der Waals surface area (Å²) >= 11 is 9.19. The van der Waals surface area contributed by atoms with Crippen LogP contribution >= 0.6 is 27.5 Å². The number of hydrogen-bond donors (Lipinski definition) is 0. The summed E-state index contributed by atoms with van der Waals surface area (Å²) in [7, 11) is 0. The van der Waals surface area contributed by atoms with Crippen molar-refractivity contribution in [2.24, 2.45) is 0 Å². The van der Waals surface area contributed by atoms with Gasteiger partial charge in [0.25, 0.3) is 0 Å². The average molecular weight is 232 g/mol. The molecule has 0 aliphatic carbocycles. The van der Waals surface area contributed by atoms with Gasteiger partial charge in [0.2, 0.25) is 0 Å². The normalized spacial score (nSPS) is 10.7. The summed E-state index contributed by atoms with van der Waals surface area (Å²) < 4.78 is 0. The summed E-state index contributed by atoms with van der Waals surface area (Å²) in [6.45, 7) is 0. The molecule has 0 aliphatic rings. The van der Waals surface area contributed by atoms with Gasteiger partial charge in [-0.05, 0) is 11.6 Å². The van der Waals surface area contributed by atoms with Crippen LogP contribution in [-0.2, 0) is 0 Å². The van der Waals surface area contributed by atoms with Crippen LogP contribution in [0.3, 0.4) is 0 Å². The topological polar surface area (TPSA) is 0 Å². The lowest BCUT2D eigenvalue weighted by Crippen LogP contribution is -1.72. The maximum Gasteiger partial charge on any atom is 0.0478 e. The molecule has 0 nitrogen and oxygen atoms in total. The molecular weight excluding hydrogens is 223 g/mol. The van der Waals surface area contributed by atoms with Crippen molar-refractivity contribution in [1.82, 2.24) is 0 Å². The lowest BCUT2D eigenvalue weighted by atomic mass is 10.2. The summed E-state index contributed by atoms with van der Waals surface area (Å²) in [6, 6.07) is 7.77. The van der Waals surface area contributed by atoms with E-state index in [9.17, 15) is 0 Å². The van der Waals surface area contributed by atoms with Crippen LogP contribution in [0.4, 0.5) is 0 Å². The molecular formula is C9H8BrCl. The standard InChI is InChI=1S/C9H8BrCl/c10-7-3-5-8-4-1-2-6-9(8)11/h1-6H,7H2/b5-3-. The van der Waals surface area contributed by atoms with Crippen molar-refractivity contribution in [3.63, 3.8) is 0 Å². The van der Waals surface area contributed by atoms with E-state index in [1.165, 1.54) is 0 Å². The van der Waals surface area contributed by atoms with Crippen LogP contribution in [-0.4, -0.2) is 5.33 Å². The van der Waals surface area contributed by atoms with Gasteiger partial charge in [-0.15, -0.1) is 0 Å². The second kappa shape index (κ2) is 4.58. The lowest BCUT2D eigenvalue weighted by molar-refractivity contribution is 1.65. The van der Waals surface area contributed by atoms with Gasteiger partial charge in [0.05, 0.1) is 0 Å². The Hall–Kier alpha value is -0.270. The molecule has 0 radical (unpaired) electrons. The summed E-state index contributed by atoms with van der Waals surface area (Å²) in [6.07, 6.45) is 4.01. The van der Waals surface area contributed by atoms with Crippen LogP contribution in [0.2, 0.25) is 5.02 Å². The summed E-state index contributed by atoms with van der Waals surface area (Å²) in [5, 5.41) is 1.66. The Morgan fingerprint density at radius 3 is 2.73 bits per heavy atom. The van der Waals surface area contributed by atoms with Crippen molar-refractivity contribution in [1.29, 1.82) is 0 Å². The largest absolute Gasteiger partial charge is 0.0883 e. The minimum atomic E-state index is 0.796. The Kier molecular flexibility index (Phi) is 3.67. The Labute approximate surface area is 80.0 Å². The Bertz CT molecular complexity index is 255. The van der Waals surface area contributed by atoms with Gasteiger partial charge in [0.15, 0.2) is 0 Å². The number of allylic oxidation sites excluding steroid dienone is 1. The van der Waals surface area contributed by atoms with E-state index in [1.807, 2.05) is 36.4 Å². The summed E-state index contributed by atoms with van der Waals surface area (Å²) in [4.78, 5) is 0. The zero-order valence-corrected chi connectivity index (χ0v) is 8.27. The van der Waals surface area contributed by atoms with Gasteiger partial charge in [-0.3, -0.25) is 0 Å². The molecule has 1 rings (SSSR count). The first-order valence-corrected chi connectivity index (χ1v) is 4.81. The monoisotopic (exact) mass is 230 g/mol. The van der Waals surface area contributed by atoms with Gasteiger partial charge >= 0.3 is 0 Å². The highest BCUT2D eigenvalue weighted by molar-refractivity contribution is 9.09. The predicted molar refractivity (Wildman–Crippen MR) is 54.3 cm³/mol. The SMILES string of the molecule is Clc1ccccc1/C=C\CBr. The van der Waals surface area contributed by atoms with Crippen LogP contribution in [0.15, 0.2) is 30.3 Å². The van der Waals surface area contributed by atoms with Gasteiger partial charge in [0.1, 0.15) is 0 Å². The van der Waals surface area contributed by atoms with Gasteiger partial charge in [-0.1, -0.05) is 57.9 Å². The highest BCUT2D eigenvalue weighted by atomic mass is 79.9. The Morgan fingerprint density at radius 1 is 1.36 bits per heavy atom. The molecule has 0 aromatic heterocycles.